The van der Waals surface area contributed by atoms with Crippen LogP contribution in [0.15, 0.2) is 48.7 Å². The molecule has 4 rings (SSSR count). The third-order valence-corrected chi connectivity index (χ3v) is 4.32. The van der Waals surface area contributed by atoms with Gasteiger partial charge in [-0.2, -0.15) is 5.10 Å². The van der Waals surface area contributed by atoms with Gasteiger partial charge in [0.15, 0.2) is 0 Å². The molecule has 0 saturated heterocycles. The molecule has 1 aliphatic heterocycles. The molecule has 116 valence electrons. The molecule has 1 amide bonds. The van der Waals surface area contributed by atoms with Crippen molar-refractivity contribution in [3.63, 3.8) is 0 Å². The van der Waals surface area contributed by atoms with E-state index in [4.69, 9.17) is 0 Å². The van der Waals surface area contributed by atoms with E-state index < -0.39 is 0 Å². The second-order valence-electron chi connectivity index (χ2n) is 6.08. The molecule has 0 saturated carbocycles. The van der Waals surface area contributed by atoms with Gasteiger partial charge in [0, 0.05) is 18.5 Å². The summed E-state index contributed by atoms with van der Waals surface area (Å²) in [5, 5.41) is 11.2. The van der Waals surface area contributed by atoms with E-state index in [0.29, 0.717) is 6.54 Å². The van der Waals surface area contributed by atoms with Crippen molar-refractivity contribution in [2.24, 2.45) is 5.92 Å². The average Bonchev–Trinajstić information content (AvgIpc) is 2.98. The highest BCUT2D eigenvalue weighted by Crippen LogP contribution is 2.31. The van der Waals surface area contributed by atoms with Gasteiger partial charge in [-0.1, -0.05) is 31.2 Å². The highest BCUT2D eigenvalue weighted by atomic mass is 16.1. The average molecular weight is 306 g/mol. The minimum absolute atomic E-state index is 0.0571. The van der Waals surface area contributed by atoms with Crippen LogP contribution in [0.4, 0.5) is 11.4 Å². The van der Waals surface area contributed by atoms with Crippen LogP contribution < -0.4 is 10.2 Å². The van der Waals surface area contributed by atoms with Crippen LogP contribution >= 0.6 is 0 Å². The minimum atomic E-state index is -0.0571. The Morgan fingerprint density at radius 2 is 2.13 bits per heavy atom. The topological polar surface area (TPSA) is 61.0 Å². The standard InChI is InChI=1S/C18H18N4O/c1-12-10-22(17-5-3-2-4-15(17)20-18(12)23)11-13-6-7-14-9-19-21-16(14)8-13/h2-9,12H,10-11H2,1H3,(H,19,21)(H,20,23). The lowest BCUT2D eigenvalue weighted by Crippen LogP contribution is -2.30. The van der Waals surface area contributed by atoms with Crippen LogP contribution in [0.2, 0.25) is 0 Å². The maximum atomic E-state index is 12.2. The number of H-pyrrole nitrogens is 1. The van der Waals surface area contributed by atoms with Crippen LogP contribution in [0, 0.1) is 5.92 Å². The zero-order chi connectivity index (χ0) is 15.8. The normalized spacial score (nSPS) is 17.7. The molecule has 0 aliphatic carbocycles. The molecular weight excluding hydrogens is 288 g/mol. The number of fused-ring (bicyclic) bond motifs is 2. The van der Waals surface area contributed by atoms with Gasteiger partial charge < -0.3 is 10.2 Å². The Kier molecular flexibility index (Phi) is 3.26. The number of rotatable bonds is 2. The molecule has 2 N–H and O–H groups in total. The number of nitrogens with zero attached hydrogens (tertiary/aromatic N) is 2. The molecule has 0 fully saturated rings. The van der Waals surface area contributed by atoms with Crippen molar-refractivity contribution in [3.8, 4) is 0 Å². The molecule has 2 heterocycles. The van der Waals surface area contributed by atoms with E-state index in [2.05, 4.69) is 44.7 Å². The minimum Gasteiger partial charge on any atom is -0.365 e. The molecule has 5 heteroatoms. The number of hydrogen-bond acceptors (Lipinski definition) is 3. The Balaban J connectivity index is 1.70. The summed E-state index contributed by atoms with van der Waals surface area (Å²) in [4.78, 5) is 14.4. The fourth-order valence-corrected chi connectivity index (χ4v) is 3.08. The molecular formula is C18H18N4O. The summed E-state index contributed by atoms with van der Waals surface area (Å²) in [5.41, 5.74) is 4.17. The molecule has 0 bridgehead atoms. The lowest BCUT2D eigenvalue weighted by molar-refractivity contribution is -0.119. The van der Waals surface area contributed by atoms with E-state index >= 15 is 0 Å². The van der Waals surface area contributed by atoms with Gasteiger partial charge in [-0.25, -0.2) is 0 Å². The Morgan fingerprint density at radius 3 is 3.04 bits per heavy atom. The van der Waals surface area contributed by atoms with E-state index in [-0.39, 0.29) is 11.8 Å². The Bertz CT molecular complexity index is 870. The second-order valence-corrected chi connectivity index (χ2v) is 6.08. The van der Waals surface area contributed by atoms with Gasteiger partial charge in [-0.3, -0.25) is 9.89 Å². The number of aromatic nitrogens is 2. The summed E-state index contributed by atoms with van der Waals surface area (Å²) in [6.07, 6.45) is 1.82. The molecule has 0 radical (unpaired) electrons. The molecule has 5 nitrogen and oxygen atoms in total. The van der Waals surface area contributed by atoms with E-state index in [9.17, 15) is 4.79 Å². The van der Waals surface area contributed by atoms with E-state index in [0.717, 1.165) is 28.8 Å². The number of carbonyl (C=O) groups is 1. The SMILES string of the molecule is CC1CN(Cc2ccc3cn[nH]c3c2)c2ccccc2NC1=O. The van der Waals surface area contributed by atoms with Gasteiger partial charge in [0.1, 0.15) is 0 Å². The van der Waals surface area contributed by atoms with Gasteiger partial charge >= 0.3 is 0 Å². The van der Waals surface area contributed by atoms with Crippen LogP contribution in [0.1, 0.15) is 12.5 Å². The molecule has 1 aromatic heterocycles. The highest BCUT2D eigenvalue weighted by molar-refractivity contribution is 5.97. The summed E-state index contributed by atoms with van der Waals surface area (Å²) in [6, 6.07) is 14.3. The van der Waals surface area contributed by atoms with Crippen LogP contribution in [0.25, 0.3) is 10.9 Å². The van der Waals surface area contributed by atoms with Gasteiger partial charge in [-0.05, 0) is 23.8 Å². The largest absolute Gasteiger partial charge is 0.365 e. The maximum absolute atomic E-state index is 12.2. The van der Waals surface area contributed by atoms with E-state index in [1.54, 1.807) is 0 Å². The number of aromatic amines is 1. The Labute approximate surface area is 134 Å². The number of para-hydroxylation sites is 2. The zero-order valence-corrected chi connectivity index (χ0v) is 12.9. The Hall–Kier alpha value is -2.82. The summed E-state index contributed by atoms with van der Waals surface area (Å²) in [5.74, 6) is 0.0160. The molecule has 1 unspecified atom stereocenters. The third kappa shape index (κ3) is 2.54. The lowest BCUT2D eigenvalue weighted by Gasteiger charge is -2.25. The molecule has 1 atom stereocenters. The van der Waals surface area contributed by atoms with Crippen LogP contribution in [-0.4, -0.2) is 22.6 Å². The third-order valence-electron chi connectivity index (χ3n) is 4.32. The van der Waals surface area contributed by atoms with E-state index in [1.165, 1.54) is 5.56 Å². The maximum Gasteiger partial charge on any atom is 0.229 e. The monoisotopic (exact) mass is 306 g/mol. The quantitative estimate of drug-likeness (QED) is 0.764. The van der Waals surface area contributed by atoms with Crippen molar-refractivity contribution in [2.45, 2.75) is 13.5 Å². The van der Waals surface area contributed by atoms with Gasteiger partial charge in [0.25, 0.3) is 0 Å². The smallest absolute Gasteiger partial charge is 0.229 e. The van der Waals surface area contributed by atoms with Gasteiger partial charge in [-0.15, -0.1) is 0 Å². The fraction of sp³-hybridized carbons (Fsp3) is 0.222. The predicted molar refractivity (Wildman–Crippen MR) is 91.4 cm³/mol. The van der Waals surface area contributed by atoms with Gasteiger partial charge in [0.05, 0.1) is 29.0 Å². The van der Waals surface area contributed by atoms with Crippen LogP contribution in [0.3, 0.4) is 0 Å². The summed E-state index contributed by atoms with van der Waals surface area (Å²) >= 11 is 0. The summed E-state index contributed by atoms with van der Waals surface area (Å²) in [7, 11) is 0. The number of benzene rings is 2. The molecule has 23 heavy (non-hydrogen) atoms. The first kappa shape index (κ1) is 13.8. The first-order valence-corrected chi connectivity index (χ1v) is 7.77. The van der Waals surface area contributed by atoms with Crippen molar-refractivity contribution in [2.75, 3.05) is 16.8 Å². The lowest BCUT2D eigenvalue weighted by atomic mass is 10.1. The second kappa shape index (κ2) is 5.43. The Morgan fingerprint density at radius 1 is 1.26 bits per heavy atom. The number of amides is 1. The van der Waals surface area contributed by atoms with Gasteiger partial charge in [0.2, 0.25) is 5.91 Å². The molecule has 3 aromatic rings. The predicted octanol–water partition coefficient (Wildman–Crippen LogP) is 3.16. The number of carbonyl (C=O) groups excluding carboxylic acids is 1. The first-order valence-electron chi connectivity index (χ1n) is 7.77. The van der Waals surface area contributed by atoms with Crippen molar-refractivity contribution in [1.82, 2.24) is 10.2 Å². The first-order chi connectivity index (χ1) is 11.2. The van der Waals surface area contributed by atoms with Crippen LogP contribution in [-0.2, 0) is 11.3 Å². The molecule has 0 spiro atoms. The molecule has 2 aromatic carbocycles. The van der Waals surface area contributed by atoms with Crippen molar-refractivity contribution >= 4 is 28.2 Å². The number of hydrogen-bond donors (Lipinski definition) is 2. The highest BCUT2D eigenvalue weighted by Gasteiger charge is 2.24. The van der Waals surface area contributed by atoms with E-state index in [1.807, 2.05) is 31.3 Å². The van der Waals surface area contributed by atoms with Crippen molar-refractivity contribution in [3.05, 3.63) is 54.2 Å². The summed E-state index contributed by atoms with van der Waals surface area (Å²) in [6.45, 7) is 3.42. The number of anilines is 2. The number of nitrogens with one attached hydrogen (secondary N) is 2. The van der Waals surface area contributed by atoms with Crippen molar-refractivity contribution < 1.29 is 4.79 Å². The van der Waals surface area contributed by atoms with Crippen LogP contribution in [0.5, 0.6) is 0 Å². The fourth-order valence-electron chi connectivity index (χ4n) is 3.08. The zero-order valence-electron chi connectivity index (χ0n) is 12.9. The van der Waals surface area contributed by atoms with Crippen molar-refractivity contribution in [1.29, 1.82) is 0 Å². The summed E-state index contributed by atoms with van der Waals surface area (Å²) < 4.78 is 0. The molecule has 1 aliphatic rings.